The first-order chi connectivity index (χ1) is 18.8. The number of methoxy groups -OCH3 is 1. The number of nitrogens with zero attached hydrogens (tertiary/aromatic N) is 1. The van der Waals surface area contributed by atoms with Crippen molar-refractivity contribution in [1.82, 2.24) is 4.90 Å². The molecule has 1 amide bonds. The normalized spacial score (nSPS) is 16.6. The number of ether oxygens (including phenoxy) is 3. The molecule has 3 aromatic carbocycles. The molecule has 1 aliphatic rings. The number of carbonyl (C=O) groups excluding carboxylic acids is 2. The monoisotopic (exact) mass is 529 g/mol. The standard InChI is InChI=1S/C32H35NO6/c1-6-38-25-10-8-9-21(17-25)19-33-29(22-11-14-24(37-5)15-12-22)28(31(35)32(33)36)30(34)23-13-16-27(39-7-2)26(18-23)20(3)4/h8-18,20,29,34H,6-7,19H2,1-5H3/b30-28-. The van der Waals surface area contributed by atoms with Crippen LogP contribution in [-0.4, -0.2) is 42.0 Å². The lowest BCUT2D eigenvalue weighted by Gasteiger charge is -2.26. The second-order valence-corrected chi connectivity index (χ2v) is 9.62. The molecular weight excluding hydrogens is 494 g/mol. The van der Waals surface area contributed by atoms with Crippen LogP contribution >= 0.6 is 0 Å². The largest absolute Gasteiger partial charge is 0.507 e. The third kappa shape index (κ3) is 5.77. The summed E-state index contributed by atoms with van der Waals surface area (Å²) < 4.78 is 16.7. The fraction of sp³-hybridized carbons (Fsp3) is 0.312. The van der Waals surface area contributed by atoms with Crippen molar-refractivity contribution in [3.05, 3.63) is 94.6 Å². The van der Waals surface area contributed by atoms with Crippen molar-refractivity contribution in [1.29, 1.82) is 0 Å². The number of rotatable bonds is 10. The molecule has 0 bridgehead atoms. The predicted molar refractivity (Wildman–Crippen MR) is 150 cm³/mol. The van der Waals surface area contributed by atoms with Crippen LogP contribution < -0.4 is 14.2 Å². The summed E-state index contributed by atoms with van der Waals surface area (Å²) in [5.41, 5.74) is 2.91. The average molecular weight is 530 g/mol. The van der Waals surface area contributed by atoms with Gasteiger partial charge in [-0.1, -0.05) is 38.1 Å². The van der Waals surface area contributed by atoms with E-state index in [0.717, 1.165) is 16.9 Å². The molecule has 0 aliphatic carbocycles. The third-order valence-electron chi connectivity index (χ3n) is 6.74. The molecule has 7 heteroatoms. The van der Waals surface area contributed by atoms with Crippen LogP contribution in [0.1, 0.15) is 61.9 Å². The fourth-order valence-corrected chi connectivity index (χ4v) is 4.86. The van der Waals surface area contributed by atoms with Crippen molar-refractivity contribution in [2.45, 2.75) is 46.2 Å². The molecule has 0 saturated carbocycles. The number of benzene rings is 3. The van der Waals surface area contributed by atoms with Gasteiger partial charge in [0, 0.05) is 12.1 Å². The van der Waals surface area contributed by atoms with Crippen molar-refractivity contribution in [3.8, 4) is 17.2 Å². The highest BCUT2D eigenvalue weighted by Crippen LogP contribution is 2.41. The van der Waals surface area contributed by atoms with Gasteiger partial charge in [-0.05, 0) is 78.9 Å². The van der Waals surface area contributed by atoms with E-state index < -0.39 is 17.7 Å². The molecule has 1 heterocycles. The Morgan fingerprint density at radius 2 is 1.64 bits per heavy atom. The van der Waals surface area contributed by atoms with E-state index in [2.05, 4.69) is 0 Å². The zero-order valence-corrected chi connectivity index (χ0v) is 23.1. The fourth-order valence-electron chi connectivity index (χ4n) is 4.86. The summed E-state index contributed by atoms with van der Waals surface area (Å²) in [5.74, 6) is 0.562. The zero-order chi connectivity index (χ0) is 28.1. The Labute approximate surface area is 229 Å². The number of aliphatic hydroxyl groups is 1. The van der Waals surface area contributed by atoms with E-state index in [9.17, 15) is 14.7 Å². The highest BCUT2D eigenvalue weighted by atomic mass is 16.5. The molecule has 4 rings (SSSR count). The van der Waals surface area contributed by atoms with E-state index in [1.807, 2.05) is 70.2 Å². The molecule has 39 heavy (non-hydrogen) atoms. The van der Waals surface area contributed by atoms with Crippen molar-refractivity contribution in [2.75, 3.05) is 20.3 Å². The van der Waals surface area contributed by atoms with E-state index in [-0.39, 0.29) is 23.8 Å². The van der Waals surface area contributed by atoms with E-state index in [4.69, 9.17) is 14.2 Å². The Morgan fingerprint density at radius 1 is 0.923 bits per heavy atom. The summed E-state index contributed by atoms with van der Waals surface area (Å²) in [7, 11) is 1.57. The van der Waals surface area contributed by atoms with Gasteiger partial charge in [0.2, 0.25) is 0 Å². The smallest absolute Gasteiger partial charge is 0.295 e. The molecule has 1 saturated heterocycles. The highest BCUT2D eigenvalue weighted by Gasteiger charge is 2.46. The number of likely N-dealkylation sites (tertiary alicyclic amines) is 1. The average Bonchev–Trinajstić information content (AvgIpc) is 3.18. The predicted octanol–water partition coefficient (Wildman–Crippen LogP) is 6.24. The Morgan fingerprint density at radius 3 is 2.28 bits per heavy atom. The summed E-state index contributed by atoms with van der Waals surface area (Å²) >= 11 is 0. The van der Waals surface area contributed by atoms with Crippen LogP contribution in [-0.2, 0) is 16.1 Å². The van der Waals surface area contributed by atoms with Gasteiger partial charge in [0.05, 0.1) is 31.9 Å². The molecule has 1 atom stereocenters. The molecule has 204 valence electrons. The molecule has 0 aromatic heterocycles. The maximum absolute atomic E-state index is 13.5. The number of aliphatic hydroxyl groups excluding tert-OH is 1. The van der Waals surface area contributed by atoms with Crippen LogP contribution in [0.15, 0.2) is 72.3 Å². The SMILES string of the molecule is CCOc1cccc(CN2C(=O)C(=O)/C(=C(\O)c3ccc(OCC)c(C(C)C)c3)C2c2ccc(OC)cc2)c1. The van der Waals surface area contributed by atoms with Crippen LogP contribution in [0.5, 0.6) is 17.2 Å². The lowest BCUT2D eigenvalue weighted by atomic mass is 9.93. The van der Waals surface area contributed by atoms with Gasteiger partial charge in [0.15, 0.2) is 0 Å². The van der Waals surface area contributed by atoms with E-state index >= 15 is 0 Å². The molecule has 1 fully saturated rings. The zero-order valence-electron chi connectivity index (χ0n) is 23.1. The van der Waals surface area contributed by atoms with Crippen molar-refractivity contribution < 1.29 is 28.9 Å². The number of hydrogen-bond donors (Lipinski definition) is 1. The van der Waals surface area contributed by atoms with Gasteiger partial charge in [-0.25, -0.2) is 0 Å². The van der Waals surface area contributed by atoms with Gasteiger partial charge < -0.3 is 24.2 Å². The summed E-state index contributed by atoms with van der Waals surface area (Å²) in [6.45, 7) is 9.08. The van der Waals surface area contributed by atoms with Gasteiger partial charge in [0.25, 0.3) is 11.7 Å². The second-order valence-electron chi connectivity index (χ2n) is 9.62. The summed E-state index contributed by atoms with van der Waals surface area (Å²) in [5, 5.41) is 11.6. The number of Topliss-reactive ketones (excluding diaryl/α,β-unsaturated/α-hetero) is 1. The van der Waals surface area contributed by atoms with Crippen LogP contribution in [0.3, 0.4) is 0 Å². The minimum Gasteiger partial charge on any atom is -0.507 e. The summed E-state index contributed by atoms with van der Waals surface area (Å²) in [4.78, 5) is 28.4. The third-order valence-corrected chi connectivity index (χ3v) is 6.74. The van der Waals surface area contributed by atoms with Crippen molar-refractivity contribution in [2.24, 2.45) is 0 Å². The quantitative estimate of drug-likeness (QED) is 0.190. The molecular formula is C32H35NO6. The topological polar surface area (TPSA) is 85.3 Å². The van der Waals surface area contributed by atoms with E-state index in [1.54, 1.807) is 31.4 Å². The van der Waals surface area contributed by atoms with Gasteiger partial charge in [-0.15, -0.1) is 0 Å². The van der Waals surface area contributed by atoms with E-state index in [0.29, 0.717) is 35.8 Å². The molecule has 1 N–H and O–H groups in total. The first-order valence-electron chi connectivity index (χ1n) is 13.2. The first kappa shape index (κ1) is 27.8. The molecule has 1 unspecified atom stereocenters. The van der Waals surface area contributed by atoms with Gasteiger partial charge in [-0.3, -0.25) is 9.59 Å². The molecule has 1 aliphatic heterocycles. The molecule has 0 radical (unpaired) electrons. The Balaban J connectivity index is 1.84. The second kappa shape index (κ2) is 12.1. The Bertz CT molecular complexity index is 1380. The summed E-state index contributed by atoms with van der Waals surface area (Å²) in [6.07, 6.45) is 0. The maximum Gasteiger partial charge on any atom is 0.295 e. The minimum atomic E-state index is -0.791. The first-order valence-corrected chi connectivity index (χ1v) is 13.2. The highest BCUT2D eigenvalue weighted by molar-refractivity contribution is 6.46. The van der Waals surface area contributed by atoms with Crippen molar-refractivity contribution >= 4 is 17.4 Å². The lowest BCUT2D eigenvalue weighted by molar-refractivity contribution is -0.140. The van der Waals surface area contributed by atoms with Crippen LogP contribution in [0, 0.1) is 0 Å². The van der Waals surface area contributed by atoms with Gasteiger partial charge >= 0.3 is 0 Å². The van der Waals surface area contributed by atoms with E-state index in [1.165, 1.54) is 4.90 Å². The van der Waals surface area contributed by atoms with Gasteiger partial charge in [-0.2, -0.15) is 0 Å². The lowest BCUT2D eigenvalue weighted by Crippen LogP contribution is -2.29. The number of ketones is 1. The Kier molecular flexibility index (Phi) is 8.59. The summed E-state index contributed by atoms with van der Waals surface area (Å²) in [6, 6.07) is 19.2. The Hall–Kier alpha value is -4.26. The molecule has 0 spiro atoms. The number of amides is 1. The molecule has 7 nitrogen and oxygen atoms in total. The van der Waals surface area contributed by atoms with Crippen molar-refractivity contribution in [3.63, 3.8) is 0 Å². The molecule has 3 aromatic rings. The maximum atomic E-state index is 13.5. The minimum absolute atomic E-state index is 0.0463. The van der Waals surface area contributed by atoms with Crippen LogP contribution in [0.2, 0.25) is 0 Å². The number of hydrogen-bond acceptors (Lipinski definition) is 6. The number of carbonyl (C=O) groups is 2. The van der Waals surface area contributed by atoms with Crippen LogP contribution in [0.4, 0.5) is 0 Å². The van der Waals surface area contributed by atoms with Gasteiger partial charge in [0.1, 0.15) is 23.0 Å². The van der Waals surface area contributed by atoms with Crippen LogP contribution in [0.25, 0.3) is 5.76 Å².